The second-order valence-corrected chi connectivity index (χ2v) is 2.98. The molecular formula is C10H10F2O4. The maximum Gasteiger partial charge on any atom is 0.339 e. The third-order valence-electron chi connectivity index (χ3n) is 1.87. The number of carbonyl (C=O) groups is 1. The van der Waals surface area contributed by atoms with Gasteiger partial charge in [-0.2, -0.15) is 0 Å². The van der Waals surface area contributed by atoms with Crippen molar-refractivity contribution in [3.8, 4) is 5.75 Å². The summed E-state index contributed by atoms with van der Waals surface area (Å²) in [5, 5.41) is 18.2. The molecule has 0 aromatic heterocycles. The summed E-state index contributed by atoms with van der Waals surface area (Å²) in [6.45, 7) is 1.52. The van der Waals surface area contributed by atoms with E-state index < -0.39 is 35.0 Å². The molecule has 88 valence electrons. The lowest BCUT2D eigenvalue weighted by Crippen LogP contribution is -2.16. The average Bonchev–Trinajstić information content (AvgIpc) is 2.23. The van der Waals surface area contributed by atoms with E-state index in [4.69, 9.17) is 5.11 Å². The third kappa shape index (κ3) is 2.46. The molecule has 0 bridgehead atoms. The topological polar surface area (TPSA) is 66.8 Å². The summed E-state index contributed by atoms with van der Waals surface area (Å²) in [6.07, 6.45) is -1.91. The Morgan fingerprint density at radius 1 is 1.44 bits per heavy atom. The number of phenols is 1. The van der Waals surface area contributed by atoms with E-state index in [0.29, 0.717) is 12.1 Å². The number of aliphatic hydroxyl groups is 1. The van der Waals surface area contributed by atoms with E-state index >= 15 is 0 Å². The highest BCUT2D eigenvalue weighted by molar-refractivity contribution is 5.76. The largest absolute Gasteiger partial charge is 0.505 e. The van der Waals surface area contributed by atoms with Gasteiger partial charge in [-0.25, -0.2) is 13.6 Å². The molecule has 1 unspecified atom stereocenters. The van der Waals surface area contributed by atoms with Crippen LogP contribution in [0.25, 0.3) is 0 Å². The Hall–Kier alpha value is -1.69. The molecule has 1 rings (SSSR count). The Balaban J connectivity index is 3.04. The van der Waals surface area contributed by atoms with Gasteiger partial charge in [0.1, 0.15) is 5.82 Å². The first kappa shape index (κ1) is 12.4. The molecule has 1 aromatic rings. The van der Waals surface area contributed by atoms with Crippen molar-refractivity contribution in [2.75, 3.05) is 6.61 Å². The monoisotopic (exact) mass is 232 g/mol. The predicted octanol–water partition coefficient (Wildman–Crippen LogP) is 1.27. The van der Waals surface area contributed by atoms with Gasteiger partial charge in [-0.05, 0) is 13.0 Å². The normalized spacial score (nSPS) is 12.2. The van der Waals surface area contributed by atoms with Crippen LogP contribution in [-0.4, -0.2) is 22.8 Å². The summed E-state index contributed by atoms with van der Waals surface area (Å²) in [5.41, 5.74) is -0.575. The fraction of sp³-hybridized carbons (Fsp3) is 0.300. The van der Waals surface area contributed by atoms with Crippen molar-refractivity contribution in [3.05, 3.63) is 29.3 Å². The zero-order valence-corrected chi connectivity index (χ0v) is 8.41. The lowest BCUT2D eigenvalue weighted by atomic mass is 10.1. The van der Waals surface area contributed by atoms with Crippen LogP contribution >= 0.6 is 0 Å². The molecule has 2 N–H and O–H groups in total. The standard InChI is InChI=1S/C10H10F2O4/c1-2-16-10(15)9(14)5-3-7(12)8(13)4-6(5)11/h3-4,9,13-14H,2H2,1H3. The van der Waals surface area contributed by atoms with Gasteiger partial charge in [-0.1, -0.05) is 0 Å². The zero-order valence-electron chi connectivity index (χ0n) is 8.41. The molecule has 0 aliphatic rings. The van der Waals surface area contributed by atoms with E-state index in [1.807, 2.05) is 0 Å². The molecule has 4 nitrogen and oxygen atoms in total. The van der Waals surface area contributed by atoms with Gasteiger partial charge in [0.2, 0.25) is 0 Å². The second kappa shape index (κ2) is 4.89. The Morgan fingerprint density at radius 3 is 2.62 bits per heavy atom. The lowest BCUT2D eigenvalue weighted by molar-refractivity contribution is -0.153. The molecular weight excluding hydrogens is 222 g/mol. The highest BCUT2D eigenvalue weighted by Gasteiger charge is 2.23. The molecule has 0 saturated carbocycles. The van der Waals surface area contributed by atoms with Crippen LogP contribution in [-0.2, 0) is 9.53 Å². The first-order valence-corrected chi connectivity index (χ1v) is 4.50. The van der Waals surface area contributed by atoms with Crippen molar-refractivity contribution >= 4 is 5.97 Å². The summed E-state index contributed by atoms with van der Waals surface area (Å²) in [5.74, 6) is -4.18. The van der Waals surface area contributed by atoms with E-state index in [-0.39, 0.29) is 6.61 Å². The minimum absolute atomic E-state index is 0.0120. The summed E-state index contributed by atoms with van der Waals surface area (Å²) in [7, 11) is 0. The van der Waals surface area contributed by atoms with Gasteiger partial charge >= 0.3 is 5.97 Å². The number of aromatic hydroxyl groups is 1. The van der Waals surface area contributed by atoms with Gasteiger partial charge in [0, 0.05) is 11.6 Å². The molecule has 0 aliphatic heterocycles. The number of esters is 1. The van der Waals surface area contributed by atoms with Crippen LogP contribution in [0.2, 0.25) is 0 Å². The number of hydrogen-bond acceptors (Lipinski definition) is 4. The number of aliphatic hydroxyl groups excluding tert-OH is 1. The maximum absolute atomic E-state index is 13.2. The summed E-state index contributed by atoms with van der Waals surface area (Å²) in [6, 6.07) is 1.03. The molecule has 1 atom stereocenters. The van der Waals surface area contributed by atoms with Gasteiger partial charge in [0.05, 0.1) is 6.61 Å². The van der Waals surface area contributed by atoms with Crippen molar-refractivity contribution in [1.29, 1.82) is 0 Å². The van der Waals surface area contributed by atoms with E-state index in [1.165, 1.54) is 6.92 Å². The molecule has 0 saturated heterocycles. The average molecular weight is 232 g/mol. The smallest absolute Gasteiger partial charge is 0.339 e. The molecule has 0 spiro atoms. The van der Waals surface area contributed by atoms with Crippen LogP contribution < -0.4 is 0 Å². The lowest BCUT2D eigenvalue weighted by Gasteiger charge is -2.11. The van der Waals surface area contributed by atoms with Gasteiger partial charge < -0.3 is 14.9 Å². The summed E-state index contributed by atoms with van der Waals surface area (Å²) >= 11 is 0. The van der Waals surface area contributed by atoms with Gasteiger partial charge in [0.25, 0.3) is 0 Å². The molecule has 1 aromatic carbocycles. The molecule has 6 heteroatoms. The van der Waals surface area contributed by atoms with Crippen LogP contribution in [0.5, 0.6) is 5.75 Å². The number of carbonyl (C=O) groups excluding carboxylic acids is 1. The second-order valence-electron chi connectivity index (χ2n) is 2.98. The number of benzene rings is 1. The van der Waals surface area contributed by atoms with Crippen molar-refractivity contribution in [2.45, 2.75) is 13.0 Å². The van der Waals surface area contributed by atoms with Crippen molar-refractivity contribution in [1.82, 2.24) is 0 Å². The quantitative estimate of drug-likeness (QED) is 0.770. The van der Waals surface area contributed by atoms with E-state index in [2.05, 4.69) is 4.74 Å². The molecule has 0 heterocycles. The van der Waals surface area contributed by atoms with Crippen LogP contribution in [0.15, 0.2) is 12.1 Å². The SMILES string of the molecule is CCOC(=O)C(O)c1cc(F)c(O)cc1F. The number of rotatable bonds is 3. The minimum atomic E-state index is -1.91. The van der Waals surface area contributed by atoms with E-state index in [0.717, 1.165) is 0 Å². The first-order chi connectivity index (χ1) is 7.47. The van der Waals surface area contributed by atoms with Gasteiger partial charge in [0.15, 0.2) is 17.7 Å². The summed E-state index contributed by atoms with van der Waals surface area (Å²) < 4.78 is 30.5. The molecule has 0 aliphatic carbocycles. The number of halogens is 2. The number of hydrogen-bond donors (Lipinski definition) is 2. The third-order valence-corrected chi connectivity index (χ3v) is 1.87. The maximum atomic E-state index is 13.2. The van der Waals surface area contributed by atoms with Crippen molar-refractivity contribution < 1.29 is 28.5 Å². The van der Waals surface area contributed by atoms with Crippen LogP contribution in [0.1, 0.15) is 18.6 Å². The predicted molar refractivity (Wildman–Crippen MR) is 49.6 cm³/mol. The number of ether oxygens (including phenoxy) is 1. The van der Waals surface area contributed by atoms with E-state index in [1.54, 1.807) is 0 Å². The van der Waals surface area contributed by atoms with Crippen molar-refractivity contribution in [2.24, 2.45) is 0 Å². The van der Waals surface area contributed by atoms with Crippen LogP contribution in [0.3, 0.4) is 0 Å². The van der Waals surface area contributed by atoms with Crippen LogP contribution in [0, 0.1) is 11.6 Å². The van der Waals surface area contributed by atoms with Gasteiger partial charge in [-0.3, -0.25) is 0 Å². The highest BCUT2D eigenvalue weighted by Crippen LogP contribution is 2.25. The zero-order chi connectivity index (χ0) is 12.3. The molecule has 0 radical (unpaired) electrons. The van der Waals surface area contributed by atoms with Crippen molar-refractivity contribution in [3.63, 3.8) is 0 Å². The Bertz CT molecular complexity index is 406. The summed E-state index contributed by atoms with van der Waals surface area (Å²) in [4.78, 5) is 11.1. The molecule has 16 heavy (non-hydrogen) atoms. The minimum Gasteiger partial charge on any atom is -0.505 e. The Labute approximate surface area is 90.1 Å². The molecule has 0 fully saturated rings. The number of phenolic OH excluding ortho intramolecular Hbond substituents is 1. The van der Waals surface area contributed by atoms with E-state index in [9.17, 15) is 18.7 Å². The Kier molecular flexibility index (Phi) is 3.78. The molecule has 0 amide bonds. The highest BCUT2D eigenvalue weighted by atomic mass is 19.1. The fourth-order valence-corrected chi connectivity index (χ4v) is 1.11. The fourth-order valence-electron chi connectivity index (χ4n) is 1.11. The first-order valence-electron chi connectivity index (χ1n) is 4.50. The Morgan fingerprint density at radius 2 is 2.06 bits per heavy atom. The van der Waals surface area contributed by atoms with Gasteiger partial charge in [-0.15, -0.1) is 0 Å². The van der Waals surface area contributed by atoms with Crippen LogP contribution in [0.4, 0.5) is 8.78 Å².